The molecule has 6 rings (SSSR count). The van der Waals surface area contributed by atoms with Crippen LogP contribution in [0.4, 0.5) is 0 Å². The number of hydrogen-bond donors (Lipinski definition) is 3. The van der Waals surface area contributed by atoms with E-state index in [0.29, 0.717) is 30.1 Å². The summed E-state index contributed by atoms with van der Waals surface area (Å²) in [7, 11) is 0. The Labute approximate surface area is 206 Å². The summed E-state index contributed by atoms with van der Waals surface area (Å²) in [5.74, 6) is 1.38. The number of H-pyrrole nitrogens is 2. The molecule has 0 fully saturated rings. The van der Waals surface area contributed by atoms with Gasteiger partial charge in [-0.1, -0.05) is 18.2 Å². The van der Waals surface area contributed by atoms with E-state index in [2.05, 4.69) is 32.3 Å². The van der Waals surface area contributed by atoms with Gasteiger partial charge in [-0.05, 0) is 44.0 Å². The zero-order valence-electron chi connectivity index (χ0n) is 19.9. The van der Waals surface area contributed by atoms with Crippen LogP contribution in [0.2, 0.25) is 0 Å². The first-order chi connectivity index (χ1) is 17.6. The molecule has 0 saturated carbocycles. The number of hydrogen-bond acceptors (Lipinski definition) is 7. The van der Waals surface area contributed by atoms with Crippen LogP contribution in [0.25, 0.3) is 44.6 Å². The van der Waals surface area contributed by atoms with Crippen molar-refractivity contribution in [3.63, 3.8) is 0 Å². The van der Waals surface area contributed by atoms with Crippen molar-refractivity contribution >= 4 is 22.1 Å². The zero-order chi connectivity index (χ0) is 24.6. The van der Waals surface area contributed by atoms with Gasteiger partial charge in [0.1, 0.15) is 23.6 Å². The van der Waals surface area contributed by atoms with Gasteiger partial charge in [-0.3, -0.25) is 10.1 Å². The minimum atomic E-state index is -0.187. The molecule has 0 aliphatic carbocycles. The Kier molecular flexibility index (Phi) is 5.46. The number of aryl methyl sites for hydroxylation is 2. The highest BCUT2D eigenvalue weighted by Gasteiger charge is 2.18. The molecule has 9 heteroatoms. The average Bonchev–Trinajstić information content (AvgIpc) is 3.61. The molecule has 1 atom stereocenters. The van der Waals surface area contributed by atoms with Gasteiger partial charge in [0.25, 0.3) is 0 Å². The molecule has 0 saturated heterocycles. The molecule has 4 N–H and O–H groups in total. The van der Waals surface area contributed by atoms with Gasteiger partial charge < -0.3 is 19.9 Å². The Balaban J connectivity index is 1.29. The maximum atomic E-state index is 6.44. The number of para-hydroxylation sites is 1. The molecule has 180 valence electrons. The molecule has 5 heterocycles. The quantitative estimate of drug-likeness (QED) is 0.302. The minimum absolute atomic E-state index is 0.187. The SMILES string of the molecule is Cc1occc1-c1ncc(OCC(N)Cc2c[nH]c3ccccc23)cc1-c1cnc2n[nH]c(C)c2n1. The van der Waals surface area contributed by atoms with Crippen LogP contribution in [0.1, 0.15) is 17.0 Å². The van der Waals surface area contributed by atoms with Crippen molar-refractivity contribution in [2.75, 3.05) is 6.61 Å². The largest absolute Gasteiger partial charge is 0.490 e. The van der Waals surface area contributed by atoms with E-state index in [0.717, 1.165) is 39.3 Å². The molecule has 36 heavy (non-hydrogen) atoms. The lowest BCUT2D eigenvalue weighted by Gasteiger charge is -2.15. The molecule has 0 spiro atoms. The second-order valence-corrected chi connectivity index (χ2v) is 8.87. The summed E-state index contributed by atoms with van der Waals surface area (Å²) < 4.78 is 11.6. The van der Waals surface area contributed by atoms with E-state index in [1.165, 1.54) is 10.9 Å². The monoisotopic (exact) mass is 479 g/mol. The number of furan rings is 1. The number of nitrogens with two attached hydrogens (primary N) is 1. The Bertz CT molecular complexity index is 1680. The molecule has 5 aromatic heterocycles. The maximum absolute atomic E-state index is 6.44. The van der Waals surface area contributed by atoms with Crippen molar-refractivity contribution in [2.24, 2.45) is 5.73 Å². The molecule has 0 aliphatic heterocycles. The summed E-state index contributed by atoms with van der Waals surface area (Å²) >= 11 is 0. The van der Waals surface area contributed by atoms with Crippen LogP contribution < -0.4 is 10.5 Å². The lowest BCUT2D eigenvalue weighted by Crippen LogP contribution is -2.30. The van der Waals surface area contributed by atoms with Gasteiger partial charge in [-0.2, -0.15) is 5.10 Å². The van der Waals surface area contributed by atoms with Crippen LogP contribution in [0, 0.1) is 13.8 Å². The van der Waals surface area contributed by atoms with E-state index in [9.17, 15) is 0 Å². The zero-order valence-corrected chi connectivity index (χ0v) is 19.9. The van der Waals surface area contributed by atoms with Crippen LogP contribution in [0.5, 0.6) is 5.75 Å². The van der Waals surface area contributed by atoms with Crippen LogP contribution in [-0.4, -0.2) is 42.8 Å². The van der Waals surface area contributed by atoms with Crippen molar-refractivity contribution in [2.45, 2.75) is 26.3 Å². The van der Waals surface area contributed by atoms with Gasteiger partial charge in [0.2, 0.25) is 0 Å². The fourth-order valence-electron chi connectivity index (χ4n) is 4.45. The summed E-state index contributed by atoms with van der Waals surface area (Å²) in [6, 6.07) is 11.8. The van der Waals surface area contributed by atoms with Gasteiger partial charge in [-0.25, -0.2) is 9.97 Å². The Hall–Kier alpha value is -4.50. The topological polar surface area (TPSA) is 132 Å². The van der Waals surface area contributed by atoms with E-state index in [4.69, 9.17) is 24.9 Å². The lowest BCUT2D eigenvalue weighted by atomic mass is 10.0. The molecule has 0 aliphatic rings. The van der Waals surface area contributed by atoms with Crippen molar-refractivity contribution in [1.82, 2.24) is 30.1 Å². The van der Waals surface area contributed by atoms with Crippen molar-refractivity contribution in [1.29, 1.82) is 0 Å². The van der Waals surface area contributed by atoms with Gasteiger partial charge in [-0.15, -0.1) is 0 Å². The molecule has 0 bridgehead atoms. The molecule has 1 unspecified atom stereocenters. The van der Waals surface area contributed by atoms with Crippen LogP contribution in [0.3, 0.4) is 0 Å². The van der Waals surface area contributed by atoms with E-state index in [-0.39, 0.29) is 6.04 Å². The fourth-order valence-corrected chi connectivity index (χ4v) is 4.45. The van der Waals surface area contributed by atoms with Crippen LogP contribution in [0.15, 0.2) is 65.7 Å². The maximum Gasteiger partial charge on any atom is 0.199 e. The molecular formula is C27H25N7O2. The van der Waals surface area contributed by atoms with E-state index in [1.807, 2.05) is 44.3 Å². The number of benzene rings is 1. The molecule has 9 nitrogen and oxygen atoms in total. The number of aromatic nitrogens is 6. The summed E-state index contributed by atoms with van der Waals surface area (Å²) in [4.78, 5) is 17.3. The highest BCUT2D eigenvalue weighted by atomic mass is 16.5. The number of fused-ring (bicyclic) bond motifs is 2. The first kappa shape index (κ1) is 22.0. The first-order valence-electron chi connectivity index (χ1n) is 11.7. The first-order valence-corrected chi connectivity index (χ1v) is 11.7. The highest BCUT2D eigenvalue weighted by molar-refractivity contribution is 5.84. The Morgan fingerprint density at radius 2 is 1.97 bits per heavy atom. The molecule has 0 amide bonds. The molecule has 0 radical (unpaired) electrons. The number of pyridine rings is 1. The minimum Gasteiger partial charge on any atom is -0.490 e. The van der Waals surface area contributed by atoms with E-state index < -0.39 is 0 Å². The van der Waals surface area contributed by atoms with Gasteiger partial charge in [0.15, 0.2) is 5.65 Å². The predicted molar refractivity (Wildman–Crippen MR) is 138 cm³/mol. The molecule has 6 aromatic rings. The second-order valence-electron chi connectivity index (χ2n) is 8.87. The van der Waals surface area contributed by atoms with Gasteiger partial charge >= 0.3 is 0 Å². The number of nitrogens with one attached hydrogen (secondary N) is 2. The normalized spacial score (nSPS) is 12.4. The fraction of sp³-hybridized carbons (Fsp3) is 0.185. The second kappa shape index (κ2) is 8.94. The summed E-state index contributed by atoms with van der Waals surface area (Å²) in [6.07, 6.45) is 7.76. The van der Waals surface area contributed by atoms with Crippen LogP contribution >= 0.6 is 0 Å². The van der Waals surface area contributed by atoms with Gasteiger partial charge in [0.05, 0.1) is 35.7 Å². The average molecular weight is 480 g/mol. The van der Waals surface area contributed by atoms with E-state index >= 15 is 0 Å². The third-order valence-corrected chi connectivity index (χ3v) is 6.31. The number of rotatable bonds is 7. The Morgan fingerprint density at radius 3 is 2.83 bits per heavy atom. The third kappa shape index (κ3) is 3.99. The summed E-state index contributed by atoms with van der Waals surface area (Å²) in [5.41, 5.74) is 13.9. The van der Waals surface area contributed by atoms with E-state index in [1.54, 1.807) is 18.7 Å². The van der Waals surface area contributed by atoms with Crippen LogP contribution in [-0.2, 0) is 6.42 Å². The number of ether oxygens (including phenoxy) is 1. The molecule has 1 aromatic carbocycles. The number of nitrogens with zero attached hydrogens (tertiary/aromatic N) is 4. The summed E-state index contributed by atoms with van der Waals surface area (Å²) in [6.45, 7) is 4.17. The predicted octanol–water partition coefficient (Wildman–Crippen LogP) is 4.72. The molecular weight excluding hydrogens is 454 g/mol. The lowest BCUT2D eigenvalue weighted by molar-refractivity contribution is 0.287. The number of aromatic amines is 2. The smallest absolute Gasteiger partial charge is 0.199 e. The van der Waals surface area contributed by atoms with Crippen molar-refractivity contribution in [3.8, 4) is 28.3 Å². The standard InChI is InChI=1S/C27H25N7O2/c1-15-25-27(34-33-15)31-13-24(32-25)22-10-19(12-30-26(22)20-7-8-35-16(20)2)36-14-18(28)9-17-11-29-23-6-4-3-5-21(17)23/h3-8,10-13,18,29H,9,14,28H2,1-2H3,(H,31,33,34). The van der Waals surface area contributed by atoms with Crippen molar-refractivity contribution < 1.29 is 9.15 Å². The third-order valence-electron chi connectivity index (χ3n) is 6.31. The highest BCUT2D eigenvalue weighted by Crippen LogP contribution is 2.34. The van der Waals surface area contributed by atoms with Gasteiger partial charge in [0, 0.05) is 34.3 Å². The summed E-state index contributed by atoms with van der Waals surface area (Å²) in [5, 5.41) is 8.30. The van der Waals surface area contributed by atoms with Crippen molar-refractivity contribution in [3.05, 3.63) is 78.3 Å². The Morgan fingerprint density at radius 1 is 1.08 bits per heavy atom.